The number of hydrogen-bond acceptors (Lipinski definition) is 3. The number of halogens is 3. The van der Waals surface area contributed by atoms with Gasteiger partial charge in [-0.2, -0.15) is 0 Å². The summed E-state index contributed by atoms with van der Waals surface area (Å²) in [4.78, 5) is -0.588. The summed E-state index contributed by atoms with van der Waals surface area (Å²) in [6, 6.07) is 6.79. The smallest absolute Gasteiger partial charge is 0.264 e. The van der Waals surface area contributed by atoms with Gasteiger partial charge in [0.1, 0.15) is 16.5 Å². The Labute approximate surface area is 128 Å². The molecule has 0 fully saturated rings. The lowest BCUT2D eigenvalue weighted by atomic mass is 10.2. The van der Waals surface area contributed by atoms with Crippen LogP contribution < -0.4 is 4.72 Å². The molecule has 2 N–H and O–H groups in total. The van der Waals surface area contributed by atoms with E-state index in [-0.39, 0.29) is 15.7 Å². The van der Waals surface area contributed by atoms with Crippen LogP contribution in [0.1, 0.15) is 5.56 Å². The third-order valence-electron chi connectivity index (χ3n) is 2.64. The van der Waals surface area contributed by atoms with Gasteiger partial charge in [0.05, 0.1) is 16.8 Å². The van der Waals surface area contributed by atoms with Crippen molar-refractivity contribution >= 4 is 31.6 Å². The fourth-order valence-electron chi connectivity index (χ4n) is 1.62. The maximum atomic E-state index is 13.7. The van der Waals surface area contributed by atoms with Crippen molar-refractivity contribution < 1.29 is 22.3 Å². The average Bonchev–Trinajstić information content (AvgIpc) is 2.43. The maximum Gasteiger partial charge on any atom is 0.264 e. The first kappa shape index (κ1) is 15.9. The Bertz CT molecular complexity index is 781. The minimum atomic E-state index is -4.19. The number of sulfonamides is 1. The van der Waals surface area contributed by atoms with Gasteiger partial charge in [-0.1, -0.05) is 6.07 Å². The quantitative estimate of drug-likeness (QED) is 0.860. The number of benzene rings is 2. The fourth-order valence-corrected chi connectivity index (χ4v) is 3.18. The minimum absolute atomic E-state index is 0.0762. The molecule has 4 nitrogen and oxygen atoms in total. The predicted molar refractivity (Wildman–Crippen MR) is 77.2 cm³/mol. The Morgan fingerprint density at radius 2 is 1.76 bits per heavy atom. The molecule has 0 aliphatic rings. The topological polar surface area (TPSA) is 66.4 Å². The van der Waals surface area contributed by atoms with Gasteiger partial charge in [-0.25, -0.2) is 17.2 Å². The van der Waals surface area contributed by atoms with E-state index >= 15 is 0 Å². The van der Waals surface area contributed by atoms with Crippen LogP contribution in [0.2, 0.25) is 0 Å². The van der Waals surface area contributed by atoms with Crippen molar-refractivity contribution in [1.29, 1.82) is 0 Å². The standard InChI is InChI=1S/C13H10BrF2NO3S/c14-10-6-9(2-4-11(10)15)17-21(19,20)13-5-8(7-18)1-3-12(13)16/h1-6,17-18H,7H2. The number of aliphatic hydroxyl groups is 1. The van der Waals surface area contributed by atoms with E-state index in [0.29, 0.717) is 0 Å². The van der Waals surface area contributed by atoms with Crippen molar-refractivity contribution in [2.45, 2.75) is 11.5 Å². The summed E-state index contributed by atoms with van der Waals surface area (Å²) >= 11 is 2.93. The van der Waals surface area contributed by atoms with Crippen LogP contribution in [0, 0.1) is 11.6 Å². The van der Waals surface area contributed by atoms with E-state index in [1.807, 2.05) is 0 Å². The van der Waals surface area contributed by atoms with Gasteiger partial charge in [0.15, 0.2) is 0 Å². The average molecular weight is 378 g/mol. The molecule has 0 saturated heterocycles. The fraction of sp³-hybridized carbons (Fsp3) is 0.0769. The van der Waals surface area contributed by atoms with Crippen molar-refractivity contribution in [3.8, 4) is 0 Å². The first-order chi connectivity index (χ1) is 9.83. The largest absolute Gasteiger partial charge is 0.392 e. The summed E-state index contributed by atoms with van der Waals surface area (Å²) in [5.41, 5.74) is 0.342. The first-order valence-electron chi connectivity index (χ1n) is 5.70. The zero-order valence-electron chi connectivity index (χ0n) is 10.5. The Hall–Kier alpha value is -1.51. The van der Waals surface area contributed by atoms with Crippen LogP contribution in [0.4, 0.5) is 14.5 Å². The van der Waals surface area contributed by atoms with Crippen LogP contribution >= 0.6 is 15.9 Å². The van der Waals surface area contributed by atoms with Crippen LogP contribution in [0.15, 0.2) is 45.8 Å². The molecule has 0 aliphatic carbocycles. The van der Waals surface area contributed by atoms with Crippen molar-refractivity contribution in [1.82, 2.24) is 0 Å². The van der Waals surface area contributed by atoms with Crippen LogP contribution in [-0.4, -0.2) is 13.5 Å². The molecule has 0 amide bonds. The summed E-state index contributed by atoms with van der Waals surface area (Å²) in [5.74, 6) is -1.49. The van der Waals surface area contributed by atoms with Crippen molar-refractivity contribution in [3.05, 3.63) is 58.1 Å². The number of rotatable bonds is 4. The molecular formula is C13H10BrF2NO3S. The number of aliphatic hydroxyl groups excluding tert-OH is 1. The lowest BCUT2D eigenvalue weighted by Gasteiger charge is -2.10. The summed E-state index contributed by atoms with van der Waals surface area (Å²) in [6.07, 6.45) is 0. The molecule has 0 radical (unpaired) electrons. The molecule has 2 rings (SSSR count). The van der Waals surface area contributed by atoms with E-state index in [4.69, 9.17) is 5.11 Å². The third-order valence-corrected chi connectivity index (χ3v) is 4.64. The van der Waals surface area contributed by atoms with Gasteiger partial charge in [0.2, 0.25) is 0 Å². The molecule has 0 aromatic heterocycles. The molecule has 2 aromatic rings. The molecular weight excluding hydrogens is 368 g/mol. The van der Waals surface area contributed by atoms with E-state index in [1.165, 1.54) is 18.2 Å². The highest BCUT2D eigenvalue weighted by Crippen LogP contribution is 2.24. The van der Waals surface area contributed by atoms with Crippen LogP contribution in [0.5, 0.6) is 0 Å². The summed E-state index contributed by atoms with van der Waals surface area (Å²) in [5, 5.41) is 8.99. The second-order valence-electron chi connectivity index (χ2n) is 4.16. The van der Waals surface area contributed by atoms with E-state index in [1.54, 1.807) is 0 Å². The van der Waals surface area contributed by atoms with Gasteiger partial charge in [-0.3, -0.25) is 4.72 Å². The van der Waals surface area contributed by atoms with E-state index in [9.17, 15) is 17.2 Å². The predicted octanol–water partition coefficient (Wildman–Crippen LogP) is 3.02. The monoisotopic (exact) mass is 377 g/mol. The minimum Gasteiger partial charge on any atom is -0.392 e. The zero-order chi connectivity index (χ0) is 15.6. The van der Waals surface area contributed by atoms with Gasteiger partial charge < -0.3 is 5.11 Å². The molecule has 112 valence electrons. The highest BCUT2D eigenvalue weighted by molar-refractivity contribution is 9.10. The Morgan fingerprint density at radius 1 is 1.10 bits per heavy atom. The molecule has 0 atom stereocenters. The Morgan fingerprint density at radius 3 is 2.38 bits per heavy atom. The normalized spacial score (nSPS) is 11.4. The summed E-state index contributed by atoms with van der Waals surface area (Å²) < 4.78 is 53.3. The van der Waals surface area contributed by atoms with Crippen LogP contribution in [0.25, 0.3) is 0 Å². The summed E-state index contributed by atoms with van der Waals surface area (Å²) in [7, 11) is -4.19. The molecule has 0 unspecified atom stereocenters. The first-order valence-corrected chi connectivity index (χ1v) is 7.98. The molecule has 2 aromatic carbocycles. The van der Waals surface area contributed by atoms with Gasteiger partial charge >= 0.3 is 0 Å². The maximum absolute atomic E-state index is 13.7. The Balaban J connectivity index is 2.40. The molecule has 8 heteroatoms. The highest BCUT2D eigenvalue weighted by atomic mass is 79.9. The van der Waals surface area contributed by atoms with E-state index in [2.05, 4.69) is 20.7 Å². The number of nitrogens with one attached hydrogen (secondary N) is 1. The molecule has 0 aliphatic heterocycles. The van der Waals surface area contributed by atoms with E-state index in [0.717, 1.165) is 18.2 Å². The van der Waals surface area contributed by atoms with Gasteiger partial charge in [-0.05, 0) is 51.8 Å². The highest BCUT2D eigenvalue weighted by Gasteiger charge is 2.20. The second kappa shape index (κ2) is 6.08. The number of anilines is 1. The lowest BCUT2D eigenvalue weighted by molar-refractivity contribution is 0.281. The van der Waals surface area contributed by atoms with Crippen LogP contribution in [0.3, 0.4) is 0 Å². The third kappa shape index (κ3) is 3.58. The molecule has 0 saturated carbocycles. The Kier molecular flexibility index (Phi) is 4.60. The summed E-state index contributed by atoms with van der Waals surface area (Å²) in [6.45, 7) is -0.412. The molecule has 21 heavy (non-hydrogen) atoms. The van der Waals surface area contributed by atoms with Gasteiger partial charge in [0.25, 0.3) is 10.0 Å². The SMILES string of the molecule is O=S(=O)(Nc1ccc(F)c(Br)c1)c1cc(CO)ccc1F. The van der Waals surface area contributed by atoms with E-state index < -0.39 is 33.2 Å². The van der Waals surface area contributed by atoms with Gasteiger partial charge in [-0.15, -0.1) is 0 Å². The van der Waals surface area contributed by atoms with Crippen LogP contribution in [-0.2, 0) is 16.6 Å². The zero-order valence-corrected chi connectivity index (χ0v) is 12.9. The van der Waals surface area contributed by atoms with Crippen molar-refractivity contribution in [2.24, 2.45) is 0 Å². The second-order valence-corrected chi connectivity index (χ2v) is 6.66. The van der Waals surface area contributed by atoms with Gasteiger partial charge in [0, 0.05) is 0 Å². The number of hydrogen-bond donors (Lipinski definition) is 2. The molecule has 0 bridgehead atoms. The lowest BCUT2D eigenvalue weighted by Crippen LogP contribution is -2.15. The van der Waals surface area contributed by atoms with Crippen molar-refractivity contribution in [3.63, 3.8) is 0 Å². The van der Waals surface area contributed by atoms with Crippen molar-refractivity contribution in [2.75, 3.05) is 4.72 Å². The molecule has 0 spiro atoms. The molecule has 0 heterocycles.